The molecule has 4 rings (SSSR count). The van der Waals surface area contributed by atoms with Crippen LogP contribution in [0.5, 0.6) is 0 Å². The van der Waals surface area contributed by atoms with Crippen molar-refractivity contribution in [2.45, 2.75) is 38.6 Å². The number of benzene rings is 1. The van der Waals surface area contributed by atoms with Crippen LogP contribution >= 0.6 is 0 Å². The second-order valence-electron chi connectivity index (χ2n) is 8.27. The Kier molecular flexibility index (Phi) is 4.97. The van der Waals surface area contributed by atoms with Gasteiger partial charge in [0.15, 0.2) is 5.69 Å². The van der Waals surface area contributed by atoms with Crippen molar-refractivity contribution in [1.29, 1.82) is 0 Å². The summed E-state index contributed by atoms with van der Waals surface area (Å²) >= 11 is 0. The van der Waals surface area contributed by atoms with Gasteiger partial charge in [-0.25, -0.2) is 9.07 Å². The fourth-order valence-electron chi connectivity index (χ4n) is 4.48. The number of aliphatic hydroxyl groups excluding tert-OH is 1. The third-order valence-corrected chi connectivity index (χ3v) is 5.92. The number of carbonyl (C=O) groups excluding carboxylic acids is 1. The van der Waals surface area contributed by atoms with Gasteiger partial charge in [0.1, 0.15) is 5.82 Å². The number of β-amino-alcohol motifs (C(OH)–C–C–N with tert-alkyl or cyclic N) is 1. The molecule has 0 radical (unpaired) electrons. The number of hydrogen-bond donors (Lipinski definition) is 1. The van der Waals surface area contributed by atoms with E-state index in [0.717, 1.165) is 37.1 Å². The Morgan fingerprint density at radius 2 is 2.11 bits per heavy atom. The Balaban J connectivity index is 1.63. The summed E-state index contributed by atoms with van der Waals surface area (Å²) in [6, 6.07) is 6.35. The molecule has 1 saturated heterocycles. The Labute approximate surface area is 164 Å². The molecule has 1 aromatic carbocycles. The van der Waals surface area contributed by atoms with Crippen molar-refractivity contribution in [3.63, 3.8) is 0 Å². The minimum atomic E-state index is -0.311. The minimum Gasteiger partial charge on any atom is -0.395 e. The number of carbonyl (C=O) groups is 1. The van der Waals surface area contributed by atoms with Gasteiger partial charge in [0, 0.05) is 43.0 Å². The predicted molar refractivity (Wildman–Crippen MR) is 104 cm³/mol. The van der Waals surface area contributed by atoms with Gasteiger partial charge in [-0.2, -0.15) is 5.10 Å². The average Bonchev–Trinajstić information content (AvgIpc) is 3.25. The molecule has 7 heteroatoms. The Hall–Kier alpha value is -2.25. The number of aromatic nitrogens is 2. The first-order chi connectivity index (χ1) is 13.4. The zero-order valence-electron chi connectivity index (χ0n) is 16.5. The molecule has 1 N–H and O–H groups in total. The molecule has 0 bridgehead atoms. The molecule has 0 spiro atoms. The highest BCUT2D eigenvalue weighted by Gasteiger charge is 2.37. The first kappa shape index (κ1) is 19.1. The smallest absolute Gasteiger partial charge is 0.274 e. The fourth-order valence-corrected chi connectivity index (χ4v) is 4.48. The maximum Gasteiger partial charge on any atom is 0.274 e. The van der Waals surface area contributed by atoms with E-state index in [2.05, 4.69) is 23.8 Å². The van der Waals surface area contributed by atoms with Crippen molar-refractivity contribution in [2.75, 3.05) is 32.8 Å². The molecule has 2 aromatic rings. The SMILES string of the molecule is CC1(C)CN(C(=O)c2nn(-c3cccc(F)c3)c3c2CCC3)CCN1CCO. The number of fused-ring (bicyclic) bond motifs is 1. The normalized spacial score (nSPS) is 19.1. The van der Waals surface area contributed by atoms with Gasteiger partial charge in [-0.1, -0.05) is 6.07 Å². The van der Waals surface area contributed by atoms with Crippen LogP contribution < -0.4 is 0 Å². The second-order valence-corrected chi connectivity index (χ2v) is 8.27. The lowest BCUT2D eigenvalue weighted by molar-refractivity contribution is 0.0103. The highest BCUT2D eigenvalue weighted by molar-refractivity contribution is 5.94. The summed E-state index contributed by atoms with van der Waals surface area (Å²) in [6.07, 6.45) is 2.67. The van der Waals surface area contributed by atoms with Crippen LogP contribution in [0.2, 0.25) is 0 Å². The number of hydrogen-bond acceptors (Lipinski definition) is 4. The van der Waals surface area contributed by atoms with E-state index in [1.165, 1.54) is 12.1 Å². The van der Waals surface area contributed by atoms with Crippen LogP contribution in [-0.2, 0) is 12.8 Å². The van der Waals surface area contributed by atoms with Gasteiger partial charge < -0.3 is 10.0 Å². The Bertz CT molecular complexity index is 893. The van der Waals surface area contributed by atoms with E-state index < -0.39 is 0 Å². The number of amides is 1. The summed E-state index contributed by atoms with van der Waals surface area (Å²) in [5.41, 5.74) is 2.98. The van der Waals surface area contributed by atoms with Crippen molar-refractivity contribution >= 4 is 5.91 Å². The van der Waals surface area contributed by atoms with E-state index in [1.807, 2.05) is 11.0 Å². The van der Waals surface area contributed by atoms with E-state index in [-0.39, 0.29) is 23.9 Å². The number of rotatable bonds is 4. The van der Waals surface area contributed by atoms with Crippen LogP contribution in [0.1, 0.15) is 42.0 Å². The molecule has 1 aliphatic carbocycles. The van der Waals surface area contributed by atoms with Gasteiger partial charge in [0.2, 0.25) is 0 Å². The van der Waals surface area contributed by atoms with Crippen LogP contribution in [-0.4, -0.2) is 68.9 Å². The molecule has 1 aliphatic heterocycles. The van der Waals surface area contributed by atoms with Crippen molar-refractivity contribution in [2.24, 2.45) is 0 Å². The van der Waals surface area contributed by atoms with E-state index in [4.69, 9.17) is 0 Å². The van der Waals surface area contributed by atoms with Gasteiger partial charge in [0.25, 0.3) is 5.91 Å². The van der Waals surface area contributed by atoms with E-state index in [9.17, 15) is 14.3 Å². The van der Waals surface area contributed by atoms with Crippen molar-refractivity contribution in [3.8, 4) is 5.69 Å². The van der Waals surface area contributed by atoms with Gasteiger partial charge in [0.05, 0.1) is 12.3 Å². The Morgan fingerprint density at radius 1 is 1.29 bits per heavy atom. The largest absolute Gasteiger partial charge is 0.395 e. The maximum atomic E-state index is 13.7. The van der Waals surface area contributed by atoms with Crippen LogP contribution in [0.25, 0.3) is 5.69 Å². The van der Waals surface area contributed by atoms with Crippen molar-refractivity contribution < 1.29 is 14.3 Å². The van der Waals surface area contributed by atoms with Crippen LogP contribution in [0.4, 0.5) is 4.39 Å². The molecule has 2 aliphatic rings. The third-order valence-electron chi connectivity index (χ3n) is 5.92. The lowest BCUT2D eigenvalue weighted by atomic mass is 9.98. The van der Waals surface area contributed by atoms with Crippen LogP contribution in [0, 0.1) is 5.82 Å². The zero-order valence-corrected chi connectivity index (χ0v) is 16.5. The molecule has 0 saturated carbocycles. The zero-order chi connectivity index (χ0) is 19.9. The molecule has 28 heavy (non-hydrogen) atoms. The fraction of sp³-hybridized carbons (Fsp3) is 0.524. The second kappa shape index (κ2) is 7.29. The van der Waals surface area contributed by atoms with Gasteiger partial charge >= 0.3 is 0 Å². The van der Waals surface area contributed by atoms with Gasteiger partial charge in [-0.3, -0.25) is 9.69 Å². The summed E-state index contributed by atoms with van der Waals surface area (Å²) in [4.78, 5) is 17.4. The molecular weight excluding hydrogens is 359 g/mol. The van der Waals surface area contributed by atoms with Crippen LogP contribution in [0.3, 0.4) is 0 Å². The number of aliphatic hydroxyl groups is 1. The molecule has 1 aromatic heterocycles. The molecule has 1 fully saturated rings. The lowest BCUT2D eigenvalue weighted by Crippen LogP contribution is -2.61. The summed E-state index contributed by atoms with van der Waals surface area (Å²) in [7, 11) is 0. The monoisotopic (exact) mass is 386 g/mol. The summed E-state index contributed by atoms with van der Waals surface area (Å²) < 4.78 is 15.4. The predicted octanol–water partition coefficient (Wildman–Crippen LogP) is 2.03. The number of halogens is 1. The van der Waals surface area contributed by atoms with E-state index in [0.29, 0.717) is 31.0 Å². The Morgan fingerprint density at radius 3 is 2.82 bits per heavy atom. The first-order valence-electron chi connectivity index (χ1n) is 9.92. The van der Waals surface area contributed by atoms with Gasteiger partial charge in [-0.15, -0.1) is 0 Å². The van der Waals surface area contributed by atoms with Crippen molar-refractivity contribution in [1.82, 2.24) is 19.6 Å². The maximum absolute atomic E-state index is 13.7. The number of nitrogens with zero attached hydrogens (tertiary/aromatic N) is 4. The van der Waals surface area contributed by atoms with E-state index >= 15 is 0 Å². The van der Waals surface area contributed by atoms with E-state index in [1.54, 1.807) is 10.7 Å². The average molecular weight is 386 g/mol. The van der Waals surface area contributed by atoms with Crippen LogP contribution in [0.15, 0.2) is 24.3 Å². The topological polar surface area (TPSA) is 61.6 Å². The molecule has 0 unspecified atom stereocenters. The third kappa shape index (κ3) is 3.33. The lowest BCUT2D eigenvalue weighted by Gasteiger charge is -2.46. The summed E-state index contributed by atoms with van der Waals surface area (Å²) in [5.74, 6) is -0.362. The first-order valence-corrected chi connectivity index (χ1v) is 9.92. The summed E-state index contributed by atoms with van der Waals surface area (Å²) in [6.45, 7) is 6.85. The molecule has 2 heterocycles. The highest BCUT2D eigenvalue weighted by Crippen LogP contribution is 2.30. The molecule has 0 atom stereocenters. The summed E-state index contributed by atoms with van der Waals surface area (Å²) in [5, 5.41) is 13.9. The highest BCUT2D eigenvalue weighted by atomic mass is 19.1. The quantitative estimate of drug-likeness (QED) is 0.874. The minimum absolute atomic E-state index is 0.0509. The molecule has 6 nitrogen and oxygen atoms in total. The van der Waals surface area contributed by atoms with Crippen molar-refractivity contribution in [3.05, 3.63) is 47.0 Å². The standard InChI is InChI=1S/C21H27FN4O2/c1-21(2)14-24(9-10-25(21)11-12-27)20(28)19-17-7-4-8-18(17)26(23-19)16-6-3-5-15(22)13-16/h3,5-6,13,27H,4,7-12,14H2,1-2H3. The number of piperazine rings is 1. The molecular formula is C21H27FN4O2. The molecule has 150 valence electrons. The van der Waals surface area contributed by atoms with Gasteiger partial charge in [-0.05, 0) is 51.3 Å². The molecule has 1 amide bonds.